The third-order valence-corrected chi connectivity index (χ3v) is 3.50. The van der Waals surface area contributed by atoms with E-state index in [0.717, 1.165) is 0 Å². The number of amides is 1. The molecule has 0 aromatic heterocycles. The monoisotopic (exact) mass is 259 g/mol. The van der Waals surface area contributed by atoms with Crippen LogP contribution >= 0.6 is 0 Å². The number of rotatable bonds is 1. The first-order valence-corrected chi connectivity index (χ1v) is 5.53. The lowest BCUT2D eigenvalue weighted by molar-refractivity contribution is -0.132. The van der Waals surface area contributed by atoms with Crippen molar-refractivity contribution in [1.29, 1.82) is 0 Å². The molecular weight excluding hydrogens is 250 g/mol. The summed E-state index contributed by atoms with van der Waals surface area (Å²) < 4.78 is 51.1. The molecular formula is C12H9F4NO. The van der Waals surface area contributed by atoms with E-state index in [2.05, 4.69) is 0 Å². The number of alkyl halides is 3. The normalized spacial score (nSPS) is 20.4. The van der Waals surface area contributed by atoms with Gasteiger partial charge in [0.25, 0.3) is 0 Å². The van der Waals surface area contributed by atoms with E-state index in [0.29, 0.717) is 17.7 Å². The number of carbonyl (C=O) groups excluding carboxylic acids is 1. The lowest BCUT2D eigenvalue weighted by Crippen LogP contribution is -2.39. The molecule has 1 aromatic carbocycles. The van der Waals surface area contributed by atoms with Crippen molar-refractivity contribution in [3.63, 3.8) is 0 Å². The van der Waals surface area contributed by atoms with Crippen molar-refractivity contribution in [3.05, 3.63) is 29.6 Å². The second kappa shape index (κ2) is 3.24. The summed E-state index contributed by atoms with van der Waals surface area (Å²) in [4.78, 5) is 12.7. The molecule has 0 unspecified atom stereocenters. The minimum Gasteiger partial charge on any atom is -0.302 e. The minimum atomic E-state index is -4.49. The first-order chi connectivity index (χ1) is 8.35. The first-order valence-electron chi connectivity index (χ1n) is 5.53. The molecule has 1 fully saturated rings. The highest BCUT2D eigenvalue weighted by Crippen LogP contribution is 2.58. The number of nitrogens with zero attached hydrogens (tertiary/aromatic N) is 1. The van der Waals surface area contributed by atoms with Crippen molar-refractivity contribution in [2.75, 3.05) is 11.4 Å². The molecule has 1 spiro atoms. The predicted octanol–water partition coefficient (Wildman–Crippen LogP) is 2.77. The van der Waals surface area contributed by atoms with Gasteiger partial charge in [-0.1, -0.05) is 6.07 Å². The highest BCUT2D eigenvalue weighted by atomic mass is 19.4. The molecule has 1 saturated carbocycles. The lowest BCUT2D eigenvalue weighted by atomic mass is 9.97. The number of hydrogen-bond donors (Lipinski definition) is 0. The van der Waals surface area contributed by atoms with Gasteiger partial charge in [-0.05, 0) is 25.0 Å². The Morgan fingerprint density at radius 2 is 1.94 bits per heavy atom. The number of halogens is 4. The first kappa shape index (κ1) is 11.5. The molecule has 1 aromatic rings. The van der Waals surface area contributed by atoms with E-state index >= 15 is 0 Å². The van der Waals surface area contributed by atoms with Crippen LogP contribution in [0, 0.1) is 5.82 Å². The van der Waals surface area contributed by atoms with Gasteiger partial charge in [0.15, 0.2) is 0 Å². The zero-order valence-electron chi connectivity index (χ0n) is 9.22. The van der Waals surface area contributed by atoms with Crippen LogP contribution in [0.25, 0.3) is 0 Å². The smallest absolute Gasteiger partial charge is 0.302 e. The molecule has 2 nitrogen and oxygen atoms in total. The molecule has 6 heteroatoms. The maximum atomic E-state index is 13.7. The van der Waals surface area contributed by atoms with Gasteiger partial charge in [0.2, 0.25) is 5.91 Å². The van der Waals surface area contributed by atoms with E-state index in [1.165, 1.54) is 18.2 Å². The Balaban J connectivity index is 2.10. The fraction of sp³-hybridized carbons (Fsp3) is 0.417. The predicted molar refractivity (Wildman–Crippen MR) is 55.7 cm³/mol. The Kier molecular flexibility index (Phi) is 2.07. The van der Waals surface area contributed by atoms with Crippen molar-refractivity contribution in [2.24, 2.45) is 0 Å². The fourth-order valence-electron chi connectivity index (χ4n) is 2.61. The van der Waals surface area contributed by atoms with Crippen LogP contribution in [0.15, 0.2) is 18.2 Å². The summed E-state index contributed by atoms with van der Waals surface area (Å²) in [7, 11) is 0. The van der Waals surface area contributed by atoms with Crippen LogP contribution in [0.3, 0.4) is 0 Å². The van der Waals surface area contributed by atoms with E-state index in [-0.39, 0.29) is 11.3 Å². The third kappa shape index (κ3) is 1.44. The summed E-state index contributed by atoms with van der Waals surface area (Å²) in [5.74, 6) is -1.22. The Labute approximate surface area is 100 Å². The van der Waals surface area contributed by atoms with Crippen LogP contribution in [0.4, 0.5) is 23.2 Å². The quantitative estimate of drug-likeness (QED) is 0.710. The Hall–Kier alpha value is -1.59. The van der Waals surface area contributed by atoms with Crippen LogP contribution < -0.4 is 4.90 Å². The van der Waals surface area contributed by atoms with Crippen LogP contribution in [-0.4, -0.2) is 18.6 Å². The van der Waals surface area contributed by atoms with Crippen molar-refractivity contribution < 1.29 is 22.4 Å². The third-order valence-electron chi connectivity index (χ3n) is 3.50. The van der Waals surface area contributed by atoms with Crippen molar-refractivity contribution in [2.45, 2.75) is 24.4 Å². The molecule has 1 aliphatic carbocycles. The molecule has 1 aliphatic heterocycles. The molecule has 1 heterocycles. The molecule has 1 amide bonds. The van der Waals surface area contributed by atoms with Gasteiger partial charge in [-0.2, -0.15) is 13.2 Å². The second-order valence-corrected chi connectivity index (χ2v) is 4.72. The summed E-state index contributed by atoms with van der Waals surface area (Å²) in [6, 6.07) is 3.88. The van der Waals surface area contributed by atoms with Gasteiger partial charge in [-0.3, -0.25) is 4.79 Å². The molecule has 0 atom stereocenters. The van der Waals surface area contributed by atoms with Gasteiger partial charge in [-0.25, -0.2) is 4.39 Å². The molecule has 0 N–H and O–H groups in total. The van der Waals surface area contributed by atoms with Gasteiger partial charge in [0.05, 0.1) is 11.1 Å². The number of fused-ring (bicyclic) bond motifs is 2. The zero-order valence-corrected chi connectivity index (χ0v) is 9.22. The van der Waals surface area contributed by atoms with E-state index in [1.54, 1.807) is 0 Å². The summed E-state index contributed by atoms with van der Waals surface area (Å²) in [6.45, 7) is -1.36. The minimum absolute atomic E-state index is 0.0647. The van der Waals surface area contributed by atoms with E-state index in [9.17, 15) is 22.4 Å². The average Bonchev–Trinajstić information content (AvgIpc) is 3.00. The number of carbonyl (C=O) groups is 1. The van der Waals surface area contributed by atoms with Crippen LogP contribution in [0.1, 0.15) is 18.4 Å². The fourth-order valence-corrected chi connectivity index (χ4v) is 2.61. The van der Waals surface area contributed by atoms with E-state index in [1.807, 2.05) is 0 Å². The SMILES string of the molecule is O=C1N(CC(F)(F)F)c2cccc(F)c2C12CC2. The average molecular weight is 259 g/mol. The second-order valence-electron chi connectivity index (χ2n) is 4.72. The van der Waals surface area contributed by atoms with Gasteiger partial charge in [-0.15, -0.1) is 0 Å². The summed E-state index contributed by atoms with van der Waals surface area (Å²) in [6.07, 6.45) is -3.64. The maximum absolute atomic E-state index is 13.7. The highest BCUT2D eigenvalue weighted by Gasteiger charge is 2.61. The topological polar surface area (TPSA) is 20.3 Å². The molecule has 0 saturated heterocycles. The number of benzene rings is 1. The van der Waals surface area contributed by atoms with Crippen molar-refractivity contribution in [1.82, 2.24) is 0 Å². The Morgan fingerprint density at radius 3 is 2.50 bits per heavy atom. The van der Waals surface area contributed by atoms with Crippen LogP contribution in [-0.2, 0) is 10.2 Å². The number of anilines is 1. The van der Waals surface area contributed by atoms with Crippen molar-refractivity contribution >= 4 is 11.6 Å². The molecule has 3 rings (SSSR count). The van der Waals surface area contributed by atoms with Gasteiger partial charge < -0.3 is 4.90 Å². The Bertz CT molecular complexity index is 533. The van der Waals surface area contributed by atoms with Crippen LogP contribution in [0.2, 0.25) is 0 Å². The molecule has 96 valence electrons. The number of hydrogen-bond acceptors (Lipinski definition) is 1. The summed E-state index contributed by atoms with van der Waals surface area (Å²) in [5, 5.41) is 0. The molecule has 0 bridgehead atoms. The molecule has 2 aliphatic rings. The van der Waals surface area contributed by atoms with Gasteiger partial charge in [0.1, 0.15) is 12.4 Å². The van der Waals surface area contributed by atoms with Crippen LogP contribution in [0.5, 0.6) is 0 Å². The standard InChI is InChI=1S/C12H9F4NO/c13-7-2-1-3-8-9(7)11(4-5-11)10(18)17(8)6-12(14,15)16/h1-3H,4-6H2. The van der Waals surface area contributed by atoms with E-state index in [4.69, 9.17) is 0 Å². The molecule has 0 radical (unpaired) electrons. The highest BCUT2D eigenvalue weighted by molar-refractivity contribution is 6.10. The van der Waals surface area contributed by atoms with E-state index < -0.39 is 29.9 Å². The zero-order chi connectivity index (χ0) is 13.1. The van der Waals surface area contributed by atoms with Gasteiger partial charge >= 0.3 is 6.18 Å². The Morgan fingerprint density at radius 1 is 1.28 bits per heavy atom. The summed E-state index contributed by atoms with van der Waals surface area (Å²) in [5.41, 5.74) is -0.819. The lowest BCUT2D eigenvalue weighted by Gasteiger charge is -2.19. The summed E-state index contributed by atoms with van der Waals surface area (Å²) >= 11 is 0. The van der Waals surface area contributed by atoms with Crippen molar-refractivity contribution in [3.8, 4) is 0 Å². The van der Waals surface area contributed by atoms with Gasteiger partial charge in [0, 0.05) is 5.56 Å². The largest absolute Gasteiger partial charge is 0.406 e. The maximum Gasteiger partial charge on any atom is 0.406 e. The molecule has 18 heavy (non-hydrogen) atoms.